The van der Waals surface area contributed by atoms with Gasteiger partial charge in [0.2, 0.25) is 0 Å². The summed E-state index contributed by atoms with van der Waals surface area (Å²) >= 11 is 0. The number of ether oxygens (including phenoxy) is 3. The number of rotatable bonds is 44. The van der Waals surface area contributed by atoms with Gasteiger partial charge < -0.3 is 14.2 Å². The Morgan fingerprint density at radius 2 is 0.629 bits per heavy atom. The van der Waals surface area contributed by atoms with Crippen LogP contribution < -0.4 is 0 Å². The van der Waals surface area contributed by atoms with E-state index in [2.05, 4.69) is 118 Å². The van der Waals surface area contributed by atoms with Crippen molar-refractivity contribution in [3.63, 3.8) is 0 Å². The lowest BCUT2D eigenvalue weighted by Gasteiger charge is -2.18. The zero-order valence-electron chi connectivity index (χ0n) is 40.1. The molecule has 1 atom stereocenters. The maximum Gasteiger partial charge on any atom is 0.306 e. The highest BCUT2D eigenvalue weighted by molar-refractivity contribution is 5.71. The minimum absolute atomic E-state index is 0.0903. The number of hydrogen-bond acceptors (Lipinski definition) is 6. The number of carbonyl (C=O) groups is 3. The first-order chi connectivity index (χ1) is 30.5. The van der Waals surface area contributed by atoms with Crippen molar-refractivity contribution >= 4 is 17.9 Å². The molecule has 0 amide bonds. The first kappa shape index (κ1) is 58.3. The Kier molecular flexibility index (Phi) is 47.0. The summed E-state index contributed by atoms with van der Waals surface area (Å²) in [5, 5.41) is 0. The highest BCUT2D eigenvalue weighted by Crippen LogP contribution is 2.13. The maximum atomic E-state index is 12.7. The topological polar surface area (TPSA) is 78.9 Å². The van der Waals surface area contributed by atoms with Crippen molar-refractivity contribution in [2.75, 3.05) is 13.2 Å². The fourth-order valence-corrected chi connectivity index (χ4v) is 6.57. The summed E-state index contributed by atoms with van der Waals surface area (Å²) in [5.41, 5.74) is 0. The summed E-state index contributed by atoms with van der Waals surface area (Å²) in [4.78, 5) is 37.6. The van der Waals surface area contributed by atoms with E-state index in [4.69, 9.17) is 14.2 Å². The lowest BCUT2D eigenvalue weighted by Crippen LogP contribution is -2.30. The van der Waals surface area contributed by atoms with Crippen molar-refractivity contribution in [1.29, 1.82) is 0 Å². The van der Waals surface area contributed by atoms with Gasteiger partial charge in [0.1, 0.15) is 13.2 Å². The van der Waals surface area contributed by atoms with Crippen LogP contribution in [0, 0.1) is 0 Å². The number of carbonyl (C=O) groups excluding carboxylic acids is 3. The van der Waals surface area contributed by atoms with Crippen molar-refractivity contribution in [1.82, 2.24) is 0 Å². The molecule has 0 aromatic heterocycles. The van der Waals surface area contributed by atoms with E-state index in [0.29, 0.717) is 19.3 Å². The Balaban J connectivity index is 4.27. The van der Waals surface area contributed by atoms with Gasteiger partial charge in [-0.2, -0.15) is 0 Å². The van der Waals surface area contributed by atoms with Gasteiger partial charge in [0, 0.05) is 19.3 Å². The molecule has 0 aromatic carbocycles. The molecule has 0 spiro atoms. The fourth-order valence-electron chi connectivity index (χ4n) is 6.57. The minimum atomic E-state index is -0.789. The molecule has 62 heavy (non-hydrogen) atoms. The van der Waals surface area contributed by atoms with Crippen molar-refractivity contribution in [2.45, 2.75) is 226 Å². The predicted molar refractivity (Wildman–Crippen MR) is 265 cm³/mol. The second-order valence-corrected chi connectivity index (χ2v) is 16.4. The molecule has 0 fully saturated rings. The van der Waals surface area contributed by atoms with E-state index in [1.54, 1.807) is 0 Å². The number of allylic oxidation sites excluding steroid dienone is 16. The summed E-state index contributed by atoms with van der Waals surface area (Å²) in [6.45, 7) is 6.41. The molecular weight excluding hydrogens is 769 g/mol. The van der Waals surface area contributed by atoms with Crippen molar-refractivity contribution in [3.05, 3.63) is 97.2 Å². The zero-order chi connectivity index (χ0) is 45.1. The number of esters is 3. The molecule has 0 rings (SSSR count). The Hall–Kier alpha value is -3.67. The van der Waals surface area contributed by atoms with Gasteiger partial charge in [0.25, 0.3) is 0 Å². The van der Waals surface area contributed by atoms with E-state index in [9.17, 15) is 14.4 Å². The normalized spacial score (nSPS) is 12.9. The third-order valence-corrected chi connectivity index (χ3v) is 10.4. The van der Waals surface area contributed by atoms with E-state index in [1.807, 2.05) is 0 Å². The molecule has 6 heteroatoms. The van der Waals surface area contributed by atoms with Crippen LogP contribution in [0.4, 0.5) is 0 Å². The molecule has 1 unspecified atom stereocenters. The van der Waals surface area contributed by atoms with Crippen molar-refractivity contribution in [3.8, 4) is 0 Å². The quantitative estimate of drug-likeness (QED) is 0.0263. The van der Waals surface area contributed by atoms with Gasteiger partial charge in [-0.1, -0.05) is 214 Å². The van der Waals surface area contributed by atoms with Gasteiger partial charge in [-0.15, -0.1) is 0 Å². The van der Waals surface area contributed by atoms with Gasteiger partial charge in [-0.3, -0.25) is 14.4 Å². The van der Waals surface area contributed by atoms with Gasteiger partial charge in [-0.25, -0.2) is 0 Å². The minimum Gasteiger partial charge on any atom is -0.462 e. The highest BCUT2D eigenvalue weighted by Gasteiger charge is 2.19. The highest BCUT2D eigenvalue weighted by atomic mass is 16.6. The molecular formula is C56H92O6. The molecule has 0 heterocycles. The van der Waals surface area contributed by atoms with Crippen LogP contribution in [0.1, 0.15) is 220 Å². The number of unbranched alkanes of at least 4 members (excludes halogenated alkanes) is 17. The fraction of sp³-hybridized carbons (Fsp3) is 0.661. The molecule has 0 aliphatic rings. The van der Waals surface area contributed by atoms with Gasteiger partial charge in [0.05, 0.1) is 0 Å². The average Bonchev–Trinajstić information content (AvgIpc) is 3.27. The van der Waals surface area contributed by atoms with Gasteiger partial charge in [0.15, 0.2) is 6.10 Å². The molecule has 352 valence electrons. The van der Waals surface area contributed by atoms with Crippen molar-refractivity contribution in [2.24, 2.45) is 0 Å². The Morgan fingerprint density at radius 1 is 0.339 bits per heavy atom. The number of hydrogen-bond donors (Lipinski definition) is 0. The standard InChI is InChI=1S/C56H92O6/c1-4-7-10-13-16-18-20-21-22-23-24-25-26-27-28-29-30-31-32-33-34-35-36-38-40-43-46-49-55(58)61-52-53(51-60-54(57)48-45-42-39-15-12-9-6-3)62-56(59)50-47-44-41-37-19-17-14-11-8-5-2/h7,10,16,18,21-22,24-25,27-28,30-31,33-34,36,38,53H,4-6,8-9,11-15,17,19-20,23,26,29,32,35,37,39-52H2,1-3H3/b10-7-,18-16-,22-21-,25-24-,28-27-,31-30-,34-33-,38-36-. The molecule has 0 aromatic rings. The second kappa shape index (κ2) is 50.0. The Bertz CT molecular complexity index is 1260. The molecule has 0 aliphatic carbocycles. The van der Waals surface area contributed by atoms with E-state index in [1.165, 1.54) is 70.6 Å². The smallest absolute Gasteiger partial charge is 0.306 e. The van der Waals surface area contributed by atoms with Gasteiger partial charge in [-0.05, 0) is 83.5 Å². The molecule has 0 aliphatic heterocycles. The lowest BCUT2D eigenvalue weighted by molar-refractivity contribution is -0.167. The molecule has 0 bridgehead atoms. The van der Waals surface area contributed by atoms with Crippen LogP contribution in [0.3, 0.4) is 0 Å². The molecule has 0 saturated carbocycles. The zero-order valence-corrected chi connectivity index (χ0v) is 40.1. The first-order valence-electron chi connectivity index (χ1n) is 25.2. The van der Waals surface area contributed by atoms with Crippen molar-refractivity contribution < 1.29 is 28.6 Å². The van der Waals surface area contributed by atoms with E-state index in [0.717, 1.165) is 109 Å². The van der Waals surface area contributed by atoms with Crippen LogP contribution in [0.25, 0.3) is 0 Å². The molecule has 0 N–H and O–H groups in total. The summed E-state index contributed by atoms with van der Waals surface area (Å²) in [7, 11) is 0. The first-order valence-corrected chi connectivity index (χ1v) is 25.2. The predicted octanol–water partition coefficient (Wildman–Crippen LogP) is 16.6. The van der Waals surface area contributed by atoms with Crippen LogP contribution >= 0.6 is 0 Å². The Labute approximate surface area is 381 Å². The van der Waals surface area contributed by atoms with Crippen LogP contribution in [0.15, 0.2) is 97.2 Å². The monoisotopic (exact) mass is 861 g/mol. The SMILES string of the molecule is CC/C=C\C/C=C\C/C=C\C/C=C\C/C=C\C/C=C\C/C=C\C/C=C\CCCCC(=O)OCC(COC(=O)CCCCCCCCC)OC(=O)CCCCCCCCCCCC. The third kappa shape index (κ3) is 47.4. The van der Waals surface area contributed by atoms with Crippen LogP contribution in [0.2, 0.25) is 0 Å². The largest absolute Gasteiger partial charge is 0.462 e. The summed E-state index contributed by atoms with van der Waals surface area (Å²) in [5.74, 6) is -0.949. The summed E-state index contributed by atoms with van der Waals surface area (Å²) in [6, 6.07) is 0. The second-order valence-electron chi connectivity index (χ2n) is 16.4. The summed E-state index contributed by atoms with van der Waals surface area (Å²) < 4.78 is 16.6. The lowest BCUT2D eigenvalue weighted by atomic mass is 10.1. The average molecular weight is 861 g/mol. The van der Waals surface area contributed by atoms with E-state index < -0.39 is 6.10 Å². The van der Waals surface area contributed by atoms with Crippen LogP contribution in [-0.4, -0.2) is 37.2 Å². The van der Waals surface area contributed by atoms with Crippen LogP contribution in [-0.2, 0) is 28.6 Å². The maximum absolute atomic E-state index is 12.7. The third-order valence-electron chi connectivity index (χ3n) is 10.4. The van der Waals surface area contributed by atoms with E-state index in [-0.39, 0.29) is 31.1 Å². The van der Waals surface area contributed by atoms with E-state index >= 15 is 0 Å². The molecule has 6 nitrogen and oxygen atoms in total. The Morgan fingerprint density at radius 3 is 0.984 bits per heavy atom. The van der Waals surface area contributed by atoms with Gasteiger partial charge >= 0.3 is 17.9 Å². The molecule has 0 saturated heterocycles. The summed E-state index contributed by atoms with van der Waals surface area (Å²) in [6.07, 6.45) is 65.6. The molecule has 0 radical (unpaired) electrons. The van der Waals surface area contributed by atoms with Crippen LogP contribution in [0.5, 0.6) is 0 Å².